The molecule has 0 fully saturated rings. The normalized spacial score (nSPS) is 11.1. The van der Waals surface area contributed by atoms with Crippen molar-refractivity contribution in [2.45, 2.75) is 33.4 Å². The van der Waals surface area contributed by atoms with Gasteiger partial charge in [-0.2, -0.15) is 0 Å². The molecule has 0 saturated heterocycles. The number of ether oxygens (including phenoxy) is 1. The number of rotatable bonds is 9. The standard InChI is InChI=1S/C21H28N4O2/c1-3-17-9-5-6-10-18(17)14-25-21(23-4-2)24-13-16-8-7-11-19(12-16)27-15-20(22)26/h5-12H,3-4,13-15H2,1-2H3,(H2,22,26)(H2,23,24,25). The van der Waals surface area contributed by atoms with Gasteiger partial charge in [0.15, 0.2) is 12.6 Å². The summed E-state index contributed by atoms with van der Waals surface area (Å²) < 4.78 is 5.34. The summed E-state index contributed by atoms with van der Waals surface area (Å²) in [7, 11) is 0. The van der Waals surface area contributed by atoms with E-state index in [-0.39, 0.29) is 6.61 Å². The van der Waals surface area contributed by atoms with E-state index in [4.69, 9.17) is 10.5 Å². The van der Waals surface area contributed by atoms with Crippen LogP contribution in [0.2, 0.25) is 0 Å². The number of benzene rings is 2. The number of nitrogens with two attached hydrogens (primary N) is 1. The van der Waals surface area contributed by atoms with Crippen LogP contribution in [0.3, 0.4) is 0 Å². The molecule has 0 bridgehead atoms. The van der Waals surface area contributed by atoms with E-state index in [0.29, 0.717) is 12.3 Å². The van der Waals surface area contributed by atoms with Crippen molar-refractivity contribution in [1.29, 1.82) is 0 Å². The third-order valence-electron chi connectivity index (χ3n) is 3.99. The lowest BCUT2D eigenvalue weighted by molar-refractivity contribution is -0.119. The molecular formula is C21H28N4O2. The molecule has 0 saturated carbocycles. The second-order valence-electron chi connectivity index (χ2n) is 6.07. The van der Waals surface area contributed by atoms with Gasteiger partial charge in [0.05, 0.1) is 6.54 Å². The number of aryl methyl sites for hydroxylation is 1. The highest BCUT2D eigenvalue weighted by Gasteiger charge is 2.03. The van der Waals surface area contributed by atoms with Crippen LogP contribution in [0, 0.1) is 0 Å². The Morgan fingerprint density at radius 2 is 1.85 bits per heavy atom. The van der Waals surface area contributed by atoms with Crippen molar-refractivity contribution in [2.24, 2.45) is 10.7 Å². The molecule has 144 valence electrons. The molecular weight excluding hydrogens is 340 g/mol. The number of nitrogens with zero attached hydrogens (tertiary/aromatic N) is 1. The van der Waals surface area contributed by atoms with Gasteiger partial charge in [0, 0.05) is 13.1 Å². The average Bonchev–Trinajstić information content (AvgIpc) is 2.69. The number of amides is 1. The van der Waals surface area contributed by atoms with Crippen LogP contribution in [0.4, 0.5) is 0 Å². The van der Waals surface area contributed by atoms with Crippen molar-refractivity contribution in [3.63, 3.8) is 0 Å². The largest absolute Gasteiger partial charge is 0.484 e. The van der Waals surface area contributed by atoms with Crippen LogP contribution in [0.5, 0.6) is 5.75 Å². The summed E-state index contributed by atoms with van der Waals surface area (Å²) in [5.74, 6) is 0.868. The van der Waals surface area contributed by atoms with Crippen LogP contribution in [0.15, 0.2) is 53.5 Å². The fourth-order valence-electron chi connectivity index (χ4n) is 2.65. The Hall–Kier alpha value is -3.02. The van der Waals surface area contributed by atoms with Gasteiger partial charge in [-0.1, -0.05) is 43.3 Å². The maximum absolute atomic E-state index is 10.8. The number of nitrogens with one attached hydrogen (secondary N) is 2. The van der Waals surface area contributed by atoms with E-state index in [1.807, 2.05) is 25.1 Å². The van der Waals surface area contributed by atoms with E-state index >= 15 is 0 Å². The van der Waals surface area contributed by atoms with E-state index in [2.05, 4.69) is 46.8 Å². The summed E-state index contributed by atoms with van der Waals surface area (Å²) in [5, 5.41) is 6.64. The molecule has 0 aliphatic heterocycles. The maximum atomic E-state index is 10.8. The second-order valence-corrected chi connectivity index (χ2v) is 6.07. The lowest BCUT2D eigenvalue weighted by Crippen LogP contribution is -2.37. The monoisotopic (exact) mass is 368 g/mol. The first-order valence-corrected chi connectivity index (χ1v) is 9.21. The molecule has 0 aliphatic rings. The van der Waals surface area contributed by atoms with Crippen LogP contribution in [-0.4, -0.2) is 25.0 Å². The summed E-state index contributed by atoms with van der Waals surface area (Å²) in [6.45, 7) is 6.06. The third-order valence-corrected chi connectivity index (χ3v) is 3.99. The zero-order valence-corrected chi connectivity index (χ0v) is 16.0. The van der Waals surface area contributed by atoms with Gasteiger partial charge < -0.3 is 21.1 Å². The molecule has 2 aromatic rings. The molecule has 1 amide bonds. The van der Waals surface area contributed by atoms with Crippen molar-refractivity contribution in [2.75, 3.05) is 13.2 Å². The summed E-state index contributed by atoms with van der Waals surface area (Å²) in [6, 6.07) is 15.9. The number of hydrogen-bond donors (Lipinski definition) is 3. The minimum atomic E-state index is -0.496. The number of aliphatic imine (C=N–C) groups is 1. The lowest BCUT2D eigenvalue weighted by Gasteiger charge is -2.13. The highest BCUT2D eigenvalue weighted by molar-refractivity contribution is 5.79. The van der Waals surface area contributed by atoms with Crippen molar-refractivity contribution in [1.82, 2.24) is 10.6 Å². The fraction of sp³-hybridized carbons (Fsp3) is 0.333. The Labute approximate surface area is 160 Å². The second kappa shape index (κ2) is 10.9. The Morgan fingerprint density at radius 1 is 1.07 bits per heavy atom. The van der Waals surface area contributed by atoms with Gasteiger partial charge in [-0.25, -0.2) is 4.99 Å². The first kappa shape index (κ1) is 20.3. The first-order valence-electron chi connectivity index (χ1n) is 9.21. The molecule has 6 heteroatoms. The van der Waals surface area contributed by atoms with Crippen LogP contribution in [-0.2, 0) is 24.3 Å². The van der Waals surface area contributed by atoms with Crippen LogP contribution >= 0.6 is 0 Å². The molecule has 2 rings (SSSR count). The number of guanidine groups is 1. The number of hydrogen-bond acceptors (Lipinski definition) is 3. The molecule has 0 spiro atoms. The zero-order valence-electron chi connectivity index (χ0n) is 16.0. The van der Waals surface area contributed by atoms with Gasteiger partial charge in [-0.15, -0.1) is 0 Å². The summed E-state index contributed by atoms with van der Waals surface area (Å²) in [5.41, 5.74) is 8.70. The van der Waals surface area contributed by atoms with E-state index in [1.54, 1.807) is 6.07 Å². The predicted octanol–water partition coefficient (Wildman–Crippen LogP) is 2.37. The van der Waals surface area contributed by atoms with Gasteiger partial charge in [0.1, 0.15) is 5.75 Å². The van der Waals surface area contributed by atoms with Crippen molar-refractivity contribution in [3.8, 4) is 5.75 Å². The van der Waals surface area contributed by atoms with Crippen LogP contribution in [0.25, 0.3) is 0 Å². The predicted molar refractivity (Wildman–Crippen MR) is 109 cm³/mol. The molecule has 0 heterocycles. The summed E-state index contributed by atoms with van der Waals surface area (Å²) in [4.78, 5) is 15.5. The van der Waals surface area contributed by atoms with Gasteiger partial charge in [0.25, 0.3) is 5.91 Å². The molecule has 0 radical (unpaired) electrons. The fourth-order valence-corrected chi connectivity index (χ4v) is 2.65. The maximum Gasteiger partial charge on any atom is 0.255 e. The molecule has 0 unspecified atom stereocenters. The number of carbonyl (C=O) groups is 1. The van der Waals surface area contributed by atoms with Crippen LogP contribution in [0.1, 0.15) is 30.5 Å². The summed E-state index contributed by atoms with van der Waals surface area (Å²) in [6.07, 6.45) is 1.00. The minimum absolute atomic E-state index is 0.131. The van der Waals surface area contributed by atoms with E-state index in [0.717, 1.165) is 31.0 Å². The van der Waals surface area contributed by atoms with E-state index < -0.39 is 5.91 Å². The van der Waals surface area contributed by atoms with Crippen molar-refractivity contribution >= 4 is 11.9 Å². The van der Waals surface area contributed by atoms with Crippen molar-refractivity contribution in [3.05, 3.63) is 65.2 Å². The third kappa shape index (κ3) is 7.01. The van der Waals surface area contributed by atoms with Gasteiger partial charge in [-0.05, 0) is 42.2 Å². The van der Waals surface area contributed by atoms with Gasteiger partial charge in [-0.3, -0.25) is 4.79 Å². The van der Waals surface area contributed by atoms with E-state index in [9.17, 15) is 4.79 Å². The average molecular weight is 368 g/mol. The highest BCUT2D eigenvalue weighted by atomic mass is 16.5. The Balaban J connectivity index is 2.00. The Morgan fingerprint density at radius 3 is 2.56 bits per heavy atom. The lowest BCUT2D eigenvalue weighted by atomic mass is 10.1. The summed E-state index contributed by atoms with van der Waals surface area (Å²) >= 11 is 0. The Bertz CT molecular complexity index is 774. The first-order chi connectivity index (χ1) is 13.1. The molecule has 0 aliphatic carbocycles. The highest BCUT2D eigenvalue weighted by Crippen LogP contribution is 2.14. The quantitative estimate of drug-likeness (QED) is 0.468. The molecule has 2 aromatic carbocycles. The molecule has 6 nitrogen and oxygen atoms in total. The minimum Gasteiger partial charge on any atom is -0.484 e. The molecule has 0 atom stereocenters. The number of carbonyl (C=O) groups excluding carboxylic acids is 1. The topological polar surface area (TPSA) is 88.7 Å². The number of primary amides is 1. The van der Waals surface area contributed by atoms with Gasteiger partial charge in [0.2, 0.25) is 0 Å². The molecule has 27 heavy (non-hydrogen) atoms. The van der Waals surface area contributed by atoms with Gasteiger partial charge >= 0.3 is 0 Å². The smallest absolute Gasteiger partial charge is 0.255 e. The molecule has 0 aromatic heterocycles. The van der Waals surface area contributed by atoms with Crippen LogP contribution < -0.4 is 21.1 Å². The van der Waals surface area contributed by atoms with Crippen molar-refractivity contribution < 1.29 is 9.53 Å². The van der Waals surface area contributed by atoms with E-state index in [1.165, 1.54) is 11.1 Å². The SMILES string of the molecule is CCNC(=NCc1cccc(OCC(N)=O)c1)NCc1ccccc1CC. The zero-order chi connectivity index (χ0) is 19.5. The Kier molecular flexibility index (Phi) is 8.16. The molecule has 4 N–H and O–H groups in total.